The van der Waals surface area contributed by atoms with Crippen LogP contribution >= 0.6 is 0 Å². The summed E-state index contributed by atoms with van der Waals surface area (Å²) in [5.74, 6) is -5.97. The molecular formula is C111H236O39. The third-order valence-electron chi connectivity index (χ3n) is 20.9. The molecule has 39 nitrogen and oxygen atoms in total. The number of aliphatic carboxylic acids is 9. The molecule has 0 heterocycles. The average molecular weight is 2200 g/mol. The van der Waals surface area contributed by atoms with Gasteiger partial charge >= 0.3 is 53.7 Å². The molecule has 0 saturated heterocycles. The second-order valence-corrected chi connectivity index (χ2v) is 36.5. The summed E-state index contributed by atoms with van der Waals surface area (Å²) >= 11 is 0. The largest absolute Gasteiger partial charge is 0.481 e. The van der Waals surface area contributed by atoms with Crippen molar-refractivity contribution in [3.8, 4) is 0 Å². The van der Waals surface area contributed by atoms with Gasteiger partial charge in [0.05, 0.1) is 92.5 Å². The maximum atomic E-state index is 10.1. The Bertz CT molecular complexity index is 1920. The molecule has 39 heteroatoms. The summed E-state index contributed by atoms with van der Waals surface area (Å²) < 4.78 is 0. The Labute approximate surface area is 905 Å². The monoisotopic (exact) mass is 2190 g/mol. The Hall–Kier alpha value is -5.61. The van der Waals surface area contributed by atoms with E-state index in [9.17, 15) is 43.2 Å². The summed E-state index contributed by atoms with van der Waals surface area (Å²) in [4.78, 5) is 91.2. The molecule has 914 valence electrons. The Kier molecular flexibility index (Phi) is 212. The van der Waals surface area contributed by atoms with Gasteiger partial charge in [0, 0.05) is 57.8 Å². The lowest BCUT2D eigenvalue weighted by Crippen LogP contribution is -2.15. The second kappa shape index (κ2) is 176. The summed E-state index contributed by atoms with van der Waals surface area (Å²) in [6.07, 6.45) is 71.1. The van der Waals surface area contributed by atoms with Crippen molar-refractivity contribution in [3.63, 3.8) is 0 Å². The minimum absolute atomic E-state index is 0.341. The van der Waals surface area contributed by atoms with Crippen LogP contribution in [-0.4, -0.2) is 342 Å². The minimum Gasteiger partial charge on any atom is -0.481 e. The first kappa shape index (κ1) is 180. The lowest BCUT2D eigenvalue weighted by atomic mass is 10.1. The van der Waals surface area contributed by atoms with Gasteiger partial charge in [-0.15, -0.1) is 0 Å². The molecule has 0 aliphatic carbocycles. The van der Waals surface area contributed by atoms with Crippen molar-refractivity contribution in [1.29, 1.82) is 0 Å². The van der Waals surface area contributed by atoms with Crippen LogP contribution in [-0.2, 0) is 43.2 Å². The van der Waals surface area contributed by atoms with Crippen LogP contribution in [0.25, 0.3) is 0 Å². The smallest absolute Gasteiger partial charge is 0.303 e. The molecular weight excluding hydrogens is 1960 g/mol. The van der Waals surface area contributed by atoms with Crippen molar-refractivity contribution >= 4 is 53.7 Å². The molecule has 150 heavy (non-hydrogen) atoms. The van der Waals surface area contributed by atoms with Crippen molar-refractivity contribution < 1.29 is 196 Å². The van der Waals surface area contributed by atoms with E-state index < -0.39 is 96.5 Å². The number of unbranched alkanes of at least 4 members (excludes halogenated alkanes) is 54. The van der Waals surface area contributed by atoms with Crippen LogP contribution in [0.2, 0.25) is 0 Å². The standard InChI is InChI=1S/9C10H20O2.7C3H8O3/c9*1-2-3-4-5-6-7-8-9-10(11)12;7*4-1-3(6)2-5/h9*2-9H2,1H3,(H,11,12);7*3-6H,1-2H2. The number of hydrogen-bond donors (Lipinski definition) is 30. The number of hydrogen-bond acceptors (Lipinski definition) is 30. The number of aliphatic hydroxyl groups is 21. The van der Waals surface area contributed by atoms with Gasteiger partial charge in [-0.1, -0.05) is 409 Å². The molecule has 0 aromatic carbocycles. The molecule has 0 rings (SSSR count). The first-order valence-electron chi connectivity index (χ1n) is 56.8. The molecule has 0 amide bonds. The molecule has 0 aliphatic heterocycles. The lowest BCUT2D eigenvalue weighted by Gasteiger charge is -1.98. The van der Waals surface area contributed by atoms with Crippen molar-refractivity contribution in [2.24, 2.45) is 0 Å². The Balaban J connectivity index is -0.0000000919. The molecule has 0 fully saturated rings. The normalized spacial score (nSPS) is 10.1. The zero-order chi connectivity index (χ0) is 118. The highest BCUT2D eigenvalue weighted by molar-refractivity contribution is 5.69. The van der Waals surface area contributed by atoms with Gasteiger partial charge in [-0.25, -0.2) is 0 Å². The Morgan fingerprint density at radius 1 is 0.113 bits per heavy atom. The van der Waals surface area contributed by atoms with Crippen molar-refractivity contribution in [2.45, 2.75) is 567 Å². The first-order valence-corrected chi connectivity index (χ1v) is 56.8. The van der Waals surface area contributed by atoms with Crippen LogP contribution in [0.3, 0.4) is 0 Å². The van der Waals surface area contributed by atoms with E-state index in [1.807, 2.05) is 0 Å². The molecule has 0 atom stereocenters. The van der Waals surface area contributed by atoms with Gasteiger partial charge in [-0.05, 0) is 57.8 Å². The van der Waals surface area contributed by atoms with Crippen LogP contribution in [0.4, 0.5) is 0 Å². The SMILES string of the molecule is CCCCCCCCCC(=O)O.CCCCCCCCCC(=O)O.CCCCCCCCCC(=O)O.CCCCCCCCCC(=O)O.CCCCCCCCCC(=O)O.CCCCCCCCCC(=O)O.CCCCCCCCCC(=O)O.CCCCCCCCCC(=O)O.CCCCCCCCCC(=O)O.OCC(O)CO.OCC(O)CO.OCC(O)CO.OCC(O)CO.OCC(O)CO.OCC(O)CO.OCC(O)CO. The highest BCUT2D eigenvalue weighted by Gasteiger charge is 2.06. The van der Waals surface area contributed by atoms with Crippen LogP contribution in [0.5, 0.6) is 0 Å². The van der Waals surface area contributed by atoms with E-state index in [2.05, 4.69) is 62.3 Å². The van der Waals surface area contributed by atoms with Gasteiger partial charge in [0.2, 0.25) is 0 Å². The fourth-order valence-electron chi connectivity index (χ4n) is 11.5. The summed E-state index contributed by atoms with van der Waals surface area (Å²) in [5, 5.41) is 243. The summed E-state index contributed by atoms with van der Waals surface area (Å²) in [6, 6.07) is 0. The van der Waals surface area contributed by atoms with Crippen molar-refractivity contribution in [3.05, 3.63) is 0 Å². The van der Waals surface area contributed by atoms with Gasteiger partial charge < -0.3 is 153 Å². The Morgan fingerprint density at radius 2 is 0.167 bits per heavy atom. The molecule has 30 N–H and O–H groups in total. The molecule has 0 aliphatic rings. The van der Waals surface area contributed by atoms with Gasteiger partial charge in [0.15, 0.2) is 0 Å². The number of carboxylic acids is 9. The van der Waals surface area contributed by atoms with Crippen molar-refractivity contribution in [2.75, 3.05) is 92.5 Å². The number of rotatable bonds is 86. The van der Waals surface area contributed by atoms with Crippen LogP contribution in [0.1, 0.15) is 525 Å². The molecule has 0 aromatic rings. The zero-order valence-corrected chi connectivity index (χ0v) is 95.4. The minimum atomic E-state index is -0.954. The van der Waals surface area contributed by atoms with Crippen LogP contribution < -0.4 is 0 Å². The number of carbonyl (C=O) groups is 9. The van der Waals surface area contributed by atoms with Gasteiger partial charge in [-0.3, -0.25) is 43.2 Å². The zero-order valence-electron chi connectivity index (χ0n) is 95.4. The third-order valence-corrected chi connectivity index (χ3v) is 20.9. The van der Waals surface area contributed by atoms with E-state index in [0.29, 0.717) is 57.8 Å². The fraction of sp³-hybridized carbons (Fsp3) is 0.919. The van der Waals surface area contributed by atoms with E-state index in [-0.39, 0.29) is 92.5 Å². The summed E-state index contributed by atoms with van der Waals surface area (Å²) in [5.41, 5.74) is 0. The van der Waals surface area contributed by atoms with E-state index in [4.69, 9.17) is 153 Å². The highest BCUT2D eigenvalue weighted by Crippen LogP contribution is 2.16. The summed E-state index contributed by atoms with van der Waals surface area (Å²) in [7, 11) is 0. The van der Waals surface area contributed by atoms with Crippen LogP contribution in [0.15, 0.2) is 0 Å². The summed E-state index contributed by atoms with van der Waals surface area (Å²) in [6.45, 7) is 14.7. The fourth-order valence-corrected chi connectivity index (χ4v) is 11.5. The predicted molar refractivity (Wildman–Crippen MR) is 593 cm³/mol. The average Bonchev–Trinajstić information content (AvgIpc) is 1.12. The highest BCUT2D eigenvalue weighted by atomic mass is 16.4. The molecule has 0 aromatic heterocycles. The van der Waals surface area contributed by atoms with E-state index in [1.165, 1.54) is 289 Å². The number of carboxylic acid groups (broad SMARTS) is 9. The van der Waals surface area contributed by atoms with Crippen molar-refractivity contribution in [1.82, 2.24) is 0 Å². The van der Waals surface area contributed by atoms with E-state index in [0.717, 1.165) is 116 Å². The van der Waals surface area contributed by atoms with E-state index >= 15 is 0 Å². The maximum absolute atomic E-state index is 10.1. The first-order chi connectivity index (χ1) is 71.6. The quantitative estimate of drug-likeness (QED) is 0.0251. The lowest BCUT2D eigenvalue weighted by molar-refractivity contribution is -0.138. The van der Waals surface area contributed by atoms with Gasteiger partial charge in [0.25, 0.3) is 0 Å². The molecule has 0 saturated carbocycles. The molecule has 0 bridgehead atoms. The predicted octanol–water partition coefficient (Wildman–Crippen LogP) is 17.2. The van der Waals surface area contributed by atoms with Gasteiger partial charge in [0.1, 0.15) is 42.7 Å². The van der Waals surface area contributed by atoms with Crippen LogP contribution in [0, 0.1) is 0 Å². The molecule has 0 unspecified atom stereocenters. The topological polar surface area (TPSA) is 761 Å². The Morgan fingerprint density at radius 3 is 0.207 bits per heavy atom. The molecule has 0 radical (unpaired) electrons. The number of aliphatic hydroxyl groups excluding tert-OH is 21. The molecule has 0 spiro atoms. The maximum Gasteiger partial charge on any atom is 0.303 e. The second-order valence-electron chi connectivity index (χ2n) is 36.5. The van der Waals surface area contributed by atoms with Gasteiger partial charge in [-0.2, -0.15) is 0 Å². The van der Waals surface area contributed by atoms with E-state index in [1.54, 1.807) is 0 Å². The third kappa shape index (κ3) is 266.